The van der Waals surface area contributed by atoms with Crippen LogP contribution in [0.4, 0.5) is 0 Å². The van der Waals surface area contributed by atoms with E-state index in [9.17, 15) is 4.79 Å². The van der Waals surface area contributed by atoms with Crippen molar-refractivity contribution in [1.29, 1.82) is 0 Å². The van der Waals surface area contributed by atoms with E-state index in [0.29, 0.717) is 11.6 Å². The van der Waals surface area contributed by atoms with Crippen molar-refractivity contribution in [3.05, 3.63) is 34.5 Å². The molecule has 3 nitrogen and oxygen atoms in total. The molecule has 0 spiro atoms. The lowest BCUT2D eigenvalue weighted by Crippen LogP contribution is -2.18. The van der Waals surface area contributed by atoms with Gasteiger partial charge in [0.15, 0.2) is 0 Å². The van der Waals surface area contributed by atoms with E-state index in [0.717, 1.165) is 22.2 Å². The fraction of sp³-hybridized carbons (Fsp3) is 0.357. The Kier molecular flexibility index (Phi) is 3.35. The van der Waals surface area contributed by atoms with E-state index < -0.39 is 0 Å². The molecule has 18 heavy (non-hydrogen) atoms. The Morgan fingerprint density at radius 3 is 2.56 bits per heavy atom. The molecule has 1 aromatic carbocycles. The third-order valence-corrected chi connectivity index (χ3v) is 3.56. The zero-order valence-corrected chi connectivity index (χ0v) is 11.9. The van der Waals surface area contributed by atoms with Crippen LogP contribution in [0.3, 0.4) is 0 Å². The topological polar surface area (TPSA) is 25.2 Å². The van der Waals surface area contributed by atoms with Crippen LogP contribution < -0.4 is 0 Å². The summed E-state index contributed by atoms with van der Waals surface area (Å²) in [6.07, 6.45) is 0. The average molecular weight is 265 g/mol. The minimum absolute atomic E-state index is 0.0636. The zero-order chi connectivity index (χ0) is 13.4. The van der Waals surface area contributed by atoms with E-state index >= 15 is 0 Å². The average Bonchev–Trinajstić information content (AvgIpc) is 2.82. The Balaban J connectivity index is 0.000000574. The van der Waals surface area contributed by atoms with Gasteiger partial charge in [0.1, 0.15) is 0 Å². The molecule has 3 rings (SSSR count). The van der Waals surface area contributed by atoms with Gasteiger partial charge in [-0.2, -0.15) is 0 Å². The molecule has 0 fully saturated rings. The minimum Gasteiger partial charge on any atom is -0.345 e. The number of aryl methyl sites for hydroxylation is 1. The van der Waals surface area contributed by atoms with Crippen molar-refractivity contribution >= 4 is 28.4 Å². The summed E-state index contributed by atoms with van der Waals surface area (Å²) in [4.78, 5) is 13.7. The van der Waals surface area contributed by atoms with E-state index in [1.807, 2.05) is 46.1 Å². The van der Waals surface area contributed by atoms with Gasteiger partial charge in [-0.05, 0) is 12.1 Å². The van der Waals surface area contributed by atoms with Crippen LogP contribution in [0.2, 0.25) is 5.02 Å². The maximum absolute atomic E-state index is 12.0. The van der Waals surface area contributed by atoms with Gasteiger partial charge in [0.25, 0.3) is 5.91 Å². The molecule has 1 aliphatic heterocycles. The Labute approximate surface area is 112 Å². The normalized spacial score (nSPS) is 13.6. The second-order valence-corrected chi connectivity index (χ2v) is 4.58. The maximum atomic E-state index is 12.0. The number of hydrogen-bond acceptors (Lipinski definition) is 1. The standard InChI is InChI=1S/C12H11ClN2O.C2H6/c1-14-6-9-11(12(14)16)10-7(13)4-3-5-8(10)15(9)2;1-2/h3-5H,6H2,1-2H3;1-2H3. The summed E-state index contributed by atoms with van der Waals surface area (Å²) in [7, 11) is 3.79. The van der Waals surface area contributed by atoms with Crippen LogP contribution in [0.25, 0.3) is 10.9 Å². The van der Waals surface area contributed by atoms with Gasteiger partial charge >= 0.3 is 0 Å². The highest BCUT2D eigenvalue weighted by Crippen LogP contribution is 2.35. The predicted octanol–water partition coefficient (Wildman–Crippen LogP) is 3.44. The Bertz CT molecular complexity index is 616. The Morgan fingerprint density at radius 2 is 1.89 bits per heavy atom. The van der Waals surface area contributed by atoms with Gasteiger partial charge in [0, 0.05) is 19.5 Å². The number of fused-ring (bicyclic) bond motifs is 3. The molecule has 0 saturated heterocycles. The summed E-state index contributed by atoms with van der Waals surface area (Å²) in [6.45, 7) is 4.66. The van der Waals surface area contributed by atoms with Crippen molar-refractivity contribution in [2.45, 2.75) is 20.4 Å². The van der Waals surface area contributed by atoms with Gasteiger partial charge in [-0.25, -0.2) is 0 Å². The van der Waals surface area contributed by atoms with Gasteiger partial charge < -0.3 is 9.47 Å². The van der Waals surface area contributed by atoms with Crippen molar-refractivity contribution in [3.8, 4) is 0 Å². The maximum Gasteiger partial charge on any atom is 0.256 e. The number of rotatable bonds is 0. The van der Waals surface area contributed by atoms with Gasteiger partial charge in [-0.15, -0.1) is 0 Å². The molecule has 0 aliphatic carbocycles. The Morgan fingerprint density at radius 1 is 1.22 bits per heavy atom. The molecule has 0 unspecified atom stereocenters. The number of hydrogen-bond donors (Lipinski definition) is 0. The fourth-order valence-electron chi connectivity index (χ4n) is 2.40. The SMILES string of the molecule is CC.CN1Cc2c(c3c(Cl)cccc3n2C)C1=O. The first-order chi connectivity index (χ1) is 8.61. The Hall–Kier alpha value is -1.48. The first-order valence-electron chi connectivity index (χ1n) is 6.12. The number of aromatic nitrogens is 1. The molecule has 0 N–H and O–H groups in total. The molecular weight excluding hydrogens is 248 g/mol. The molecule has 0 radical (unpaired) electrons. The summed E-state index contributed by atoms with van der Waals surface area (Å²) < 4.78 is 2.05. The predicted molar refractivity (Wildman–Crippen MR) is 75.1 cm³/mol. The third-order valence-electron chi connectivity index (χ3n) is 3.24. The smallest absolute Gasteiger partial charge is 0.256 e. The van der Waals surface area contributed by atoms with Crippen LogP contribution in [0, 0.1) is 0 Å². The van der Waals surface area contributed by atoms with Crippen LogP contribution in [0.5, 0.6) is 0 Å². The summed E-state index contributed by atoms with van der Waals surface area (Å²) in [6, 6.07) is 5.73. The largest absolute Gasteiger partial charge is 0.345 e. The van der Waals surface area contributed by atoms with Crippen molar-refractivity contribution in [2.75, 3.05) is 7.05 Å². The van der Waals surface area contributed by atoms with Crippen LogP contribution in [0.15, 0.2) is 18.2 Å². The number of nitrogens with zero attached hydrogens (tertiary/aromatic N) is 2. The van der Waals surface area contributed by atoms with E-state index in [2.05, 4.69) is 4.57 Å². The van der Waals surface area contributed by atoms with Crippen LogP contribution >= 0.6 is 11.6 Å². The van der Waals surface area contributed by atoms with Gasteiger partial charge in [-0.1, -0.05) is 31.5 Å². The number of amides is 1. The van der Waals surface area contributed by atoms with E-state index in [4.69, 9.17) is 11.6 Å². The molecule has 0 bridgehead atoms. The highest BCUT2D eigenvalue weighted by molar-refractivity contribution is 6.37. The summed E-state index contributed by atoms with van der Waals surface area (Å²) in [5.41, 5.74) is 2.85. The molecular formula is C14H17ClN2O. The molecule has 4 heteroatoms. The highest BCUT2D eigenvalue weighted by Gasteiger charge is 2.31. The second kappa shape index (κ2) is 4.65. The van der Waals surface area contributed by atoms with E-state index in [1.165, 1.54) is 0 Å². The van der Waals surface area contributed by atoms with E-state index in [1.54, 1.807) is 4.90 Å². The molecule has 2 aromatic rings. The molecule has 1 amide bonds. The summed E-state index contributed by atoms with van der Waals surface area (Å²) in [5.74, 6) is 0.0636. The molecule has 1 aromatic heterocycles. The fourth-order valence-corrected chi connectivity index (χ4v) is 2.66. The van der Waals surface area contributed by atoms with Crippen molar-refractivity contribution < 1.29 is 4.79 Å². The monoisotopic (exact) mass is 264 g/mol. The number of halogens is 1. The zero-order valence-electron chi connectivity index (χ0n) is 11.1. The quantitative estimate of drug-likeness (QED) is 0.716. The van der Waals surface area contributed by atoms with Crippen molar-refractivity contribution in [2.24, 2.45) is 7.05 Å². The molecule has 0 atom stereocenters. The lowest BCUT2D eigenvalue weighted by Gasteiger charge is -2.09. The van der Waals surface area contributed by atoms with Crippen molar-refractivity contribution in [3.63, 3.8) is 0 Å². The van der Waals surface area contributed by atoms with Crippen LogP contribution in [-0.2, 0) is 13.6 Å². The van der Waals surface area contributed by atoms with Crippen molar-refractivity contribution in [1.82, 2.24) is 9.47 Å². The molecule has 96 valence electrons. The first kappa shape index (κ1) is 13.0. The lowest BCUT2D eigenvalue weighted by molar-refractivity contribution is 0.0817. The number of carbonyl (C=O) groups is 1. The second-order valence-electron chi connectivity index (χ2n) is 4.18. The molecule has 2 heterocycles. The molecule has 0 saturated carbocycles. The summed E-state index contributed by atoms with van der Waals surface area (Å²) in [5, 5.41) is 1.54. The first-order valence-corrected chi connectivity index (χ1v) is 6.50. The highest BCUT2D eigenvalue weighted by atomic mass is 35.5. The minimum atomic E-state index is 0.0636. The third kappa shape index (κ3) is 1.62. The van der Waals surface area contributed by atoms with Gasteiger partial charge in [-0.3, -0.25) is 4.79 Å². The van der Waals surface area contributed by atoms with Gasteiger partial charge in [0.2, 0.25) is 0 Å². The van der Waals surface area contributed by atoms with Gasteiger partial charge in [0.05, 0.1) is 28.3 Å². The molecule has 1 aliphatic rings. The van der Waals surface area contributed by atoms with Crippen LogP contribution in [0.1, 0.15) is 29.9 Å². The number of benzene rings is 1. The summed E-state index contributed by atoms with van der Waals surface area (Å²) >= 11 is 6.18. The number of carbonyl (C=O) groups excluding carboxylic acids is 1. The van der Waals surface area contributed by atoms with Crippen LogP contribution in [-0.4, -0.2) is 22.4 Å². The lowest BCUT2D eigenvalue weighted by atomic mass is 10.1. The van der Waals surface area contributed by atoms with E-state index in [-0.39, 0.29) is 5.91 Å².